The Morgan fingerprint density at radius 3 is 1.36 bits per heavy atom. The largest absolute Gasteiger partial charge is 0.340 e. The summed E-state index contributed by atoms with van der Waals surface area (Å²) in [6.07, 6.45) is 10.1. The Bertz CT molecular complexity index is 1480. The number of hydrogen-bond donors (Lipinski definition) is 0. The first-order chi connectivity index (χ1) is 20.7. The number of fused-ring (bicyclic) bond motifs is 4. The van der Waals surface area contributed by atoms with E-state index in [4.69, 9.17) is 0 Å². The van der Waals surface area contributed by atoms with Gasteiger partial charge in [0, 0.05) is 43.8 Å². The summed E-state index contributed by atoms with van der Waals surface area (Å²) in [6.45, 7) is 6.66. The smallest absolute Gasteiger partial charge is 0.0553 e. The van der Waals surface area contributed by atoms with Gasteiger partial charge in [0.05, 0.1) is 22.7 Å². The summed E-state index contributed by atoms with van der Waals surface area (Å²) < 4.78 is 0. The molecule has 4 aromatic rings. The summed E-state index contributed by atoms with van der Waals surface area (Å²) in [7, 11) is 0. The fourth-order valence-corrected chi connectivity index (χ4v) is 8.11. The third-order valence-electron chi connectivity index (χ3n) is 8.07. The van der Waals surface area contributed by atoms with Crippen LogP contribution in [0, 0.1) is 11.8 Å². The van der Waals surface area contributed by atoms with Crippen LogP contribution in [0.1, 0.15) is 76.3 Å². The van der Waals surface area contributed by atoms with E-state index in [1.165, 1.54) is 93.7 Å². The summed E-state index contributed by atoms with van der Waals surface area (Å²) in [5, 5.41) is 0. The Hall–Kier alpha value is -3.26. The maximum absolute atomic E-state index is 3.49. The van der Waals surface area contributed by atoms with Crippen molar-refractivity contribution >= 4 is 46.3 Å². The van der Waals surface area contributed by atoms with Crippen molar-refractivity contribution < 1.29 is 0 Å². The molecule has 42 heavy (non-hydrogen) atoms. The van der Waals surface area contributed by atoms with Gasteiger partial charge in [-0.15, -0.1) is 0 Å². The molecule has 0 amide bonds. The lowest BCUT2D eigenvalue weighted by atomic mass is 10.1. The van der Waals surface area contributed by atoms with E-state index in [0.717, 1.165) is 24.2 Å². The van der Waals surface area contributed by atoms with Crippen molar-refractivity contribution in [3.8, 4) is 11.8 Å². The van der Waals surface area contributed by atoms with Gasteiger partial charge in [-0.1, -0.05) is 112 Å². The number of para-hydroxylation sites is 2. The Morgan fingerprint density at radius 1 is 0.476 bits per heavy atom. The normalized spacial score (nSPS) is 13.0. The lowest BCUT2D eigenvalue weighted by Gasteiger charge is -2.33. The number of nitrogens with zero attached hydrogens (tertiary/aromatic N) is 2. The zero-order valence-corrected chi connectivity index (χ0v) is 26.5. The van der Waals surface area contributed by atoms with E-state index < -0.39 is 0 Å². The molecule has 0 unspecified atom stereocenters. The average Bonchev–Trinajstić information content (AvgIpc) is 3.03. The maximum atomic E-state index is 3.49. The molecule has 0 bridgehead atoms. The highest BCUT2D eigenvalue weighted by molar-refractivity contribution is 8.00. The van der Waals surface area contributed by atoms with Crippen LogP contribution >= 0.6 is 23.5 Å². The zero-order valence-electron chi connectivity index (χ0n) is 24.9. The van der Waals surface area contributed by atoms with Gasteiger partial charge >= 0.3 is 0 Å². The second-order valence-electron chi connectivity index (χ2n) is 11.2. The molecule has 0 aliphatic carbocycles. The van der Waals surface area contributed by atoms with Crippen LogP contribution in [0.2, 0.25) is 0 Å². The van der Waals surface area contributed by atoms with Gasteiger partial charge < -0.3 is 9.80 Å². The lowest BCUT2D eigenvalue weighted by Crippen LogP contribution is -2.22. The molecular formula is C38H40N2S2. The highest BCUT2D eigenvalue weighted by atomic mass is 32.2. The number of rotatable bonds is 10. The predicted octanol–water partition coefficient (Wildman–Crippen LogP) is 11.5. The second-order valence-corrected chi connectivity index (χ2v) is 13.3. The monoisotopic (exact) mass is 588 g/mol. The Balaban J connectivity index is 1.23. The summed E-state index contributed by atoms with van der Waals surface area (Å²) in [5.41, 5.74) is 7.42. The van der Waals surface area contributed by atoms with E-state index in [9.17, 15) is 0 Å². The highest BCUT2D eigenvalue weighted by Gasteiger charge is 2.24. The highest BCUT2D eigenvalue weighted by Crippen LogP contribution is 2.49. The number of unbranched alkanes of at least 4 members (excludes halogenated alkanes) is 6. The molecule has 2 aliphatic heterocycles. The van der Waals surface area contributed by atoms with Crippen molar-refractivity contribution in [2.45, 2.75) is 84.8 Å². The predicted molar refractivity (Wildman–Crippen MR) is 182 cm³/mol. The molecular weight excluding hydrogens is 549 g/mol. The van der Waals surface area contributed by atoms with Gasteiger partial charge in [0.2, 0.25) is 0 Å². The van der Waals surface area contributed by atoms with Crippen LogP contribution in [0.5, 0.6) is 0 Å². The zero-order chi connectivity index (χ0) is 28.7. The van der Waals surface area contributed by atoms with Crippen molar-refractivity contribution in [3.05, 3.63) is 96.1 Å². The van der Waals surface area contributed by atoms with Crippen molar-refractivity contribution in [1.82, 2.24) is 0 Å². The van der Waals surface area contributed by atoms with Gasteiger partial charge in [-0.3, -0.25) is 0 Å². The average molecular weight is 589 g/mol. The standard InChI is InChI=1S/C38H40N2S2/c1-3-5-7-13-25-39-31-15-9-11-17-35(31)41-37-27-29(21-23-33(37)39)19-20-30-22-24-34-38(28-30)42-36-18-12-10-16-32(36)40(34)26-14-8-6-4-2/h9-12,15-18,21-24,27-28H,3-8,13-14,25-26H2,1-2H3. The van der Waals surface area contributed by atoms with Crippen LogP contribution in [0.25, 0.3) is 0 Å². The van der Waals surface area contributed by atoms with Crippen molar-refractivity contribution in [2.24, 2.45) is 0 Å². The summed E-state index contributed by atoms with van der Waals surface area (Å²) in [4.78, 5) is 10.3. The van der Waals surface area contributed by atoms with Gasteiger partial charge in [0.1, 0.15) is 0 Å². The van der Waals surface area contributed by atoms with Gasteiger partial charge in [-0.2, -0.15) is 0 Å². The van der Waals surface area contributed by atoms with E-state index >= 15 is 0 Å². The first-order valence-corrected chi connectivity index (χ1v) is 17.3. The first kappa shape index (κ1) is 28.8. The van der Waals surface area contributed by atoms with E-state index in [1.54, 1.807) is 0 Å². The number of benzene rings is 4. The molecule has 2 nitrogen and oxygen atoms in total. The molecule has 0 saturated carbocycles. The van der Waals surface area contributed by atoms with E-state index in [2.05, 4.69) is 120 Å². The van der Waals surface area contributed by atoms with E-state index in [1.807, 2.05) is 23.5 Å². The van der Waals surface area contributed by atoms with Gasteiger partial charge in [-0.05, 0) is 73.5 Å². The minimum atomic E-state index is 1.06. The van der Waals surface area contributed by atoms with E-state index in [0.29, 0.717) is 0 Å². The van der Waals surface area contributed by atoms with Crippen LogP contribution in [-0.4, -0.2) is 13.1 Å². The molecule has 6 rings (SSSR count). The minimum Gasteiger partial charge on any atom is -0.340 e. The SMILES string of the molecule is CCCCCCN1c2ccccc2Sc2cc(C#Cc3ccc4c(c3)Sc3ccccc3N4CCCCCC)ccc21. The minimum absolute atomic E-state index is 1.06. The Kier molecular flexibility index (Phi) is 9.48. The summed E-state index contributed by atoms with van der Waals surface area (Å²) in [5.74, 6) is 6.98. The van der Waals surface area contributed by atoms with Crippen molar-refractivity contribution in [3.63, 3.8) is 0 Å². The van der Waals surface area contributed by atoms with Crippen LogP contribution in [-0.2, 0) is 0 Å². The molecule has 4 aromatic carbocycles. The molecule has 0 saturated heterocycles. The molecule has 0 aromatic heterocycles. The molecule has 0 atom stereocenters. The third kappa shape index (κ3) is 6.38. The molecule has 4 heteroatoms. The summed E-state index contributed by atoms with van der Waals surface area (Å²) >= 11 is 3.74. The molecule has 0 N–H and O–H groups in total. The molecule has 0 spiro atoms. The van der Waals surface area contributed by atoms with Crippen LogP contribution in [0.3, 0.4) is 0 Å². The van der Waals surface area contributed by atoms with Crippen molar-refractivity contribution in [2.75, 3.05) is 22.9 Å². The fourth-order valence-electron chi connectivity index (χ4n) is 5.84. The van der Waals surface area contributed by atoms with Crippen LogP contribution in [0.15, 0.2) is 105 Å². The molecule has 2 aliphatic rings. The Labute approximate surface area is 260 Å². The topological polar surface area (TPSA) is 6.48 Å². The quantitative estimate of drug-likeness (QED) is 0.134. The Morgan fingerprint density at radius 2 is 0.905 bits per heavy atom. The lowest BCUT2D eigenvalue weighted by molar-refractivity contribution is 0.665. The number of anilines is 4. The van der Waals surface area contributed by atoms with Gasteiger partial charge in [0.15, 0.2) is 0 Å². The molecule has 0 radical (unpaired) electrons. The van der Waals surface area contributed by atoms with Crippen molar-refractivity contribution in [1.29, 1.82) is 0 Å². The van der Waals surface area contributed by atoms with E-state index in [-0.39, 0.29) is 0 Å². The maximum Gasteiger partial charge on any atom is 0.0553 e. The van der Waals surface area contributed by atoms with Crippen LogP contribution < -0.4 is 9.80 Å². The first-order valence-electron chi connectivity index (χ1n) is 15.6. The summed E-state index contributed by atoms with van der Waals surface area (Å²) in [6, 6.07) is 31.1. The fraction of sp³-hybridized carbons (Fsp3) is 0.316. The molecule has 0 fully saturated rings. The number of hydrogen-bond acceptors (Lipinski definition) is 4. The van der Waals surface area contributed by atoms with Gasteiger partial charge in [-0.25, -0.2) is 0 Å². The van der Waals surface area contributed by atoms with Gasteiger partial charge in [0.25, 0.3) is 0 Å². The van der Waals surface area contributed by atoms with Crippen LogP contribution in [0.4, 0.5) is 22.7 Å². The third-order valence-corrected chi connectivity index (χ3v) is 10.3. The molecule has 2 heterocycles. The molecule has 214 valence electrons. The second kappa shape index (κ2) is 13.8.